The van der Waals surface area contributed by atoms with Crippen LogP contribution in [0.25, 0.3) is 10.8 Å². The largest absolute Gasteiger partial charge is 0.337 e. The molecule has 1 atom stereocenters. The molecule has 0 bridgehead atoms. The summed E-state index contributed by atoms with van der Waals surface area (Å²) < 4.78 is 5.41. The SMILES string of the molecule is CC(C)c1noc([C@@H]2CCCN2C(=O)c2csc(-c3ncccn3)n2)n1. The zero-order valence-electron chi connectivity index (χ0n) is 14.5. The normalized spacial score (nSPS) is 17.2. The number of thiazole rings is 1. The topological polar surface area (TPSA) is 97.9 Å². The van der Waals surface area contributed by atoms with Gasteiger partial charge >= 0.3 is 0 Å². The minimum absolute atomic E-state index is 0.129. The van der Waals surface area contributed by atoms with E-state index in [1.165, 1.54) is 11.3 Å². The molecule has 134 valence electrons. The van der Waals surface area contributed by atoms with Gasteiger partial charge < -0.3 is 9.42 Å². The molecule has 26 heavy (non-hydrogen) atoms. The first-order valence-electron chi connectivity index (χ1n) is 8.51. The number of rotatable bonds is 4. The minimum atomic E-state index is -0.194. The molecule has 4 heterocycles. The van der Waals surface area contributed by atoms with Crippen LogP contribution in [0.1, 0.15) is 60.9 Å². The average Bonchev–Trinajstić information content (AvgIpc) is 3.41. The second-order valence-corrected chi connectivity index (χ2v) is 7.27. The third-order valence-corrected chi connectivity index (χ3v) is 5.09. The number of aromatic nitrogens is 5. The highest BCUT2D eigenvalue weighted by Gasteiger charge is 2.35. The first kappa shape index (κ1) is 16.8. The lowest BCUT2D eigenvalue weighted by Crippen LogP contribution is -2.31. The van der Waals surface area contributed by atoms with E-state index >= 15 is 0 Å². The second kappa shape index (κ2) is 6.91. The predicted molar refractivity (Wildman–Crippen MR) is 94.5 cm³/mol. The highest BCUT2D eigenvalue weighted by Crippen LogP contribution is 2.33. The Labute approximate surface area is 154 Å². The Balaban J connectivity index is 1.56. The summed E-state index contributed by atoms with van der Waals surface area (Å²) in [6.45, 7) is 4.67. The molecule has 3 aromatic heterocycles. The molecule has 0 spiro atoms. The Morgan fingerprint density at radius 2 is 2.12 bits per heavy atom. The van der Waals surface area contributed by atoms with Gasteiger partial charge in [-0.3, -0.25) is 4.79 Å². The van der Waals surface area contributed by atoms with Gasteiger partial charge in [0.1, 0.15) is 11.7 Å². The molecule has 0 N–H and O–H groups in total. The van der Waals surface area contributed by atoms with Gasteiger partial charge in [0, 0.05) is 30.2 Å². The van der Waals surface area contributed by atoms with E-state index in [0.717, 1.165) is 12.8 Å². The predicted octanol–water partition coefficient (Wildman–Crippen LogP) is 3.08. The Morgan fingerprint density at radius 1 is 1.31 bits per heavy atom. The zero-order valence-corrected chi connectivity index (χ0v) is 15.3. The van der Waals surface area contributed by atoms with Gasteiger partial charge in [-0.25, -0.2) is 15.0 Å². The molecule has 1 aliphatic rings. The lowest BCUT2D eigenvalue weighted by atomic mass is 10.2. The van der Waals surface area contributed by atoms with Crippen molar-refractivity contribution in [2.24, 2.45) is 0 Å². The Hall–Kier alpha value is -2.68. The van der Waals surface area contributed by atoms with E-state index in [2.05, 4.69) is 25.1 Å². The summed E-state index contributed by atoms with van der Waals surface area (Å²) in [6, 6.07) is 1.55. The highest BCUT2D eigenvalue weighted by atomic mass is 32.1. The maximum atomic E-state index is 13.0. The quantitative estimate of drug-likeness (QED) is 0.696. The third-order valence-electron chi connectivity index (χ3n) is 4.25. The van der Waals surface area contributed by atoms with Gasteiger partial charge in [-0.2, -0.15) is 4.98 Å². The van der Waals surface area contributed by atoms with Gasteiger partial charge in [-0.15, -0.1) is 11.3 Å². The fourth-order valence-corrected chi connectivity index (χ4v) is 3.65. The van der Waals surface area contributed by atoms with Crippen LogP contribution in [0, 0.1) is 0 Å². The second-order valence-electron chi connectivity index (χ2n) is 6.41. The van der Waals surface area contributed by atoms with Crippen LogP contribution in [-0.2, 0) is 0 Å². The van der Waals surface area contributed by atoms with Crippen molar-refractivity contribution in [3.63, 3.8) is 0 Å². The number of hydrogen-bond acceptors (Lipinski definition) is 8. The number of hydrogen-bond donors (Lipinski definition) is 0. The highest BCUT2D eigenvalue weighted by molar-refractivity contribution is 7.13. The number of carbonyl (C=O) groups is 1. The van der Waals surface area contributed by atoms with Crippen LogP contribution >= 0.6 is 11.3 Å². The maximum Gasteiger partial charge on any atom is 0.274 e. The molecular weight excluding hydrogens is 352 g/mol. The van der Waals surface area contributed by atoms with Gasteiger partial charge in [0.2, 0.25) is 5.89 Å². The van der Waals surface area contributed by atoms with Gasteiger partial charge in [0.05, 0.1) is 0 Å². The lowest BCUT2D eigenvalue weighted by Gasteiger charge is -2.20. The summed E-state index contributed by atoms with van der Waals surface area (Å²) in [5, 5.41) is 6.39. The van der Waals surface area contributed by atoms with Gasteiger partial charge in [0.25, 0.3) is 5.91 Å². The number of amides is 1. The van der Waals surface area contributed by atoms with Crippen LogP contribution in [0.15, 0.2) is 28.4 Å². The standard InChI is InChI=1S/C17H18N6O2S/c1-10(2)13-21-15(25-22-13)12-5-3-8-23(12)17(24)11-9-26-16(20-11)14-18-6-4-7-19-14/h4,6-7,9-10,12H,3,5,8H2,1-2H3/t12-/m0/s1. The van der Waals surface area contributed by atoms with Gasteiger partial charge in [-0.1, -0.05) is 19.0 Å². The van der Waals surface area contributed by atoms with Crippen LogP contribution < -0.4 is 0 Å². The molecule has 4 rings (SSSR count). The summed E-state index contributed by atoms with van der Waals surface area (Å²) in [4.78, 5) is 32.0. The molecule has 1 fully saturated rings. The average molecular weight is 370 g/mol. The number of nitrogens with zero attached hydrogens (tertiary/aromatic N) is 6. The van der Waals surface area contributed by atoms with E-state index in [1.807, 2.05) is 13.8 Å². The number of likely N-dealkylation sites (tertiary alicyclic amines) is 1. The molecule has 3 aromatic rings. The molecule has 0 radical (unpaired) electrons. The fourth-order valence-electron chi connectivity index (χ4n) is 2.91. The molecule has 8 nitrogen and oxygen atoms in total. The molecule has 1 saturated heterocycles. The summed E-state index contributed by atoms with van der Waals surface area (Å²) in [6.07, 6.45) is 5.02. The van der Waals surface area contributed by atoms with E-state index in [0.29, 0.717) is 34.8 Å². The summed E-state index contributed by atoms with van der Waals surface area (Å²) in [5.41, 5.74) is 0.396. The molecule has 0 aromatic carbocycles. The van der Waals surface area contributed by atoms with Crippen molar-refractivity contribution in [3.8, 4) is 10.8 Å². The summed E-state index contributed by atoms with van der Waals surface area (Å²) in [5.74, 6) is 1.74. The van der Waals surface area contributed by atoms with Crippen molar-refractivity contribution >= 4 is 17.2 Å². The van der Waals surface area contributed by atoms with Crippen LogP contribution in [0.5, 0.6) is 0 Å². The first-order chi connectivity index (χ1) is 12.6. The van der Waals surface area contributed by atoms with Crippen molar-refractivity contribution in [1.29, 1.82) is 0 Å². The van der Waals surface area contributed by atoms with E-state index in [4.69, 9.17) is 4.52 Å². The van der Waals surface area contributed by atoms with Crippen LogP contribution in [0.2, 0.25) is 0 Å². The molecule has 0 aliphatic carbocycles. The lowest BCUT2D eigenvalue weighted by molar-refractivity contribution is 0.0705. The van der Waals surface area contributed by atoms with Crippen LogP contribution in [0.4, 0.5) is 0 Å². The third kappa shape index (κ3) is 3.10. The fraction of sp³-hybridized carbons (Fsp3) is 0.412. The Bertz CT molecular complexity index is 907. The number of carbonyl (C=O) groups excluding carboxylic acids is 1. The van der Waals surface area contributed by atoms with E-state index in [-0.39, 0.29) is 17.9 Å². The smallest absolute Gasteiger partial charge is 0.274 e. The zero-order chi connectivity index (χ0) is 18.1. The monoisotopic (exact) mass is 370 g/mol. The van der Waals surface area contributed by atoms with Crippen molar-refractivity contribution in [2.75, 3.05) is 6.54 Å². The Morgan fingerprint density at radius 3 is 2.85 bits per heavy atom. The van der Waals surface area contributed by atoms with E-state index < -0.39 is 0 Å². The molecule has 1 aliphatic heterocycles. The molecule has 0 saturated carbocycles. The van der Waals surface area contributed by atoms with Crippen molar-refractivity contribution in [3.05, 3.63) is 41.2 Å². The Kier molecular flexibility index (Phi) is 4.46. The first-order valence-corrected chi connectivity index (χ1v) is 9.39. The van der Waals surface area contributed by atoms with Gasteiger partial charge in [-0.05, 0) is 18.9 Å². The minimum Gasteiger partial charge on any atom is -0.337 e. The molecular formula is C17H18N6O2S. The summed E-state index contributed by atoms with van der Waals surface area (Å²) in [7, 11) is 0. The van der Waals surface area contributed by atoms with Crippen molar-refractivity contribution in [2.45, 2.75) is 38.6 Å². The summed E-state index contributed by atoms with van der Waals surface area (Å²) >= 11 is 1.36. The van der Waals surface area contributed by atoms with Crippen molar-refractivity contribution < 1.29 is 9.32 Å². The van der Waals surface area contributed by atoms with E-state index in [9.17, 15) is 4.79 Å². The maximum absolute atomic E-state index is 13.0. The molecule has 9 heteroatoms. The van der Waals surface area contributed by atoms with Crippen LogP contribution in [0.3, 0.4) is 0 Å². The molecule has 0 unspecified atom stereocenters. The van der Waals surface area contributed by atoms with E-state index in [1.54, 1.807) is 28.7 Å². The molecule has 1 amide bonds. The van der Waals surface area contributed by atoms with Crippen LogP contribution in [-0.4, -0.2) is 42.4 Å². The van der Waals surface area contributed by atoms with Crippen molar-refractivity contribution in [1.82, 2.24) is 30.0 Å². The van der Waals surface area contributed by atoms with Gasteiger partial charge in [0.15, 0.2) is 16.7 Å².